The van der Waals surface area contributed by atoms with Crippen LogP contribution in [0.2, 0.25) is 0 Å². The van der Waals surface area contributed by atoms with Crippen molar-refractivity contribution in [1.29, 1.82) is 0 Å². The Morgan fingerprint density at radius 3 is 2.81 bits per heavy atom. The van der Waals surface area contributed by atoms with Gasteiger partial charge in [-0.2, -0.15) is 0 Å². The van der Waals surface area contributed by atoms with E-state index in [0.29, 0.717) is 6.54 Å². The summed E-state index contributed by atoms with van der Waals surface area (Å²) in [6.45, 7) is 0.576. The van der Waals surface area contributed by atoms with Crippen molar-refractivity contribution < 1.29 is 0 Å². The number of imidazole rings is 1. The lowest BCUT2D eigenvalue weighted by atomic mass is 10.3. The second-order valence-electron chi connectivity index (χ2n) is 3.29. The Hall–Kier alpha value is -2.01. The topological polar surface area (TPSA) is 68.6 Å². The van der Waals surface area contributed by atoms with E-state index in [1.807, 2.05) is 30.3 Å². The van der Waals surface area contributed by atoms with Crippen molar-refractivity contribution in [3.63, 3.8) is 0 Å². The Balaban J connectivity index is 2.14. The third kappa shape index (κ3) is 2.52. The summed E-state index contributed by atoms with van der Waals surface area (Å²) in [6, 6.07) is 9.56. The summed E-state index contributed by atoms with van der Waals surface area (Å²) in [6.07, 6.45) is 4.11. The molecule has 0 bridgehead atoms. The molecule has 16 heavy (non-hydrogen) atoms. The van der Waals surface area contributed by atoms with Gasteiger partial charge in [-0.25, -0.2) is 9.66 Å². The standard InChI is InChI=1S/C11H13N5/c12-7-6-11-8-13-9-16(11)15-14-10-4-2-1-3-5-10/h1-5,8-9H,6-7,12H2. The van der Waals surface area contributed by atoms with Crippen LogP contribution in [-0.2, 0) is 6.42 Å². The molecule has 5 nitrogen and oxygen atoms in total. The van der Waals surface area contributed by atoms with E-state index < -0.39 is 0 Å². The third-order valence-corrected chi connectivity index (χ3v) is 2.11. The first-order valence-electron chi connectivity index (χ1n) is 5.08. The summed E-state index contributed by atoms with van der Waals surface area (Å²) in [5.74, 6) is 0. The first-order chi connectivity index (χ1) is 7.90. The van der Waals surface area contributed by atoms with Gasteiger partial charge < -0.3 is 5.73 Å². The highest BCUT2D eigenvalue weighted by Gasteiger charge is 1.98. The number of nitrogens with zero attached hydrogens (tertiary/aromatic N) is 4. The summed E-state index contributed by atoms with van der Waals surface area (Å²) in [5.41, 5.74) is 7.26. The first kappa shape index (κ1) is 10.5. The van der Waals surface area contributed by atoms with Crippen LogP contribution in [0.3, 0.4) is 0 Å². The van der Waals surface area contributed by atoms with Gasteiger partial charge in [-0.3, -0.25) is 0 Å². The molecule has 2 aromatic rings. The summed E-state index contributed by atoms with van der Waals surface area (Å²) in [7, 11) is 0. The van der Waals surface area contributed by atoms with E-state index >= 15 is 0 Å². The lowest BCUT2D eigenvalue weighted by molar-refractivity contribution is 0.737. The summed E-state index contributed by atoms with van der Waals surface area (Å²) >= 11 is 0. The van der Waals surface area contributed by atoms with Crippen LogP contribution >= 0.6 is 0 Å². The Bertz CT molecular complexity index is 460. The van der Waals surface area contributed by atoms with E-state index in [9.17, 15) is 0 Å². The van der Waals surface area contributed by atoms with Gasteiger partial charge in [-0.15, -0.1) is 5.11 Å². The van der Waals surface area contributed by atoms with Crippen molar-refractivity contribution >= 4 is 5.69 Å². The minimum absolute atomic E-state index is 0.576. The predicted molar refractivity (Wildman–Crippen MR) is 61.3 cm³/mol. The number of benzene rings is 1. The summed E-state index contributed by atoms with van der Waals surface area (Å²) in [5, 5.41) is 8.18. The van der Waals surface area contributed by atoms with E-state index in [1.165, 1.54) is 0 Å². The van der Waals surface area contributed by atoms with Gasteiger partial charge in [0.05, 0.1) is 17.6 Å². The zero-order valence-electron chi connectivity index (χ0n) is 8.82. The van der Waals surface area contributed by atoms with Gasteiger partial charge >= 0.3 is 0 Å². The second-order valence-corrected chi connectivity index (χ2v) is 3.29. The predicted octanol–water partition coefficient (Wildman–Crippen LogP) is 1.93. The molecule has 5 heteroatoms. The maximum Gasteiger partial charge on any atom is 0.119 e. The fraction of sp³-hybridized carbons (Fsp3) is 0.182. The summed E-state index contributed by atoms with van der Waals surface area (Å²) < 4.78 is 1.64. The van der Waals surface area contributed by atoms with Crippen molar-refractivity contribution in [2.24, 2.45) is 16.1 Å². The number of nitrogens with two attached hydrogens (primary N) is 1. The zero-order chi connectivity index (χ0) is 11.2. The molecule has 82 valence electrons. The molecule has 1 aromatic heterocycles. The maximum atomic E-state index is 5.48. The molecule has 0 unspecified atom stereocenters. The molecule has 0 saturated heterocycles. The van der Waals surface area contributed by atoms with Crippen LogP contribution in [0.15, 0.2) is 53.2 Å². The van der Waals surface area contributed by atoms with E-state index in [0.717, 1.165) is 17.8 Å². The maximum absolute atomic E-state index is 5.48. The minimum Gasteiger partial charge on any atom is -0.330 e. The SMILES string of the molecule is NCCc1cncn1N=Nc1ccccc1. The molecule has 2 rings (SSSR count). The fourth-order valence-corrected chi connectivity index (χ4v) is 1.32. The minimum atomic E-state index is 0.576. The van der Waals surface area contributed by atoms with Crippen molar-refractivity contribution in [3.8, 4) is 0 Å². The van der Waals surface area contributed by atoms with Gasteiger partial charge in [-0.05, 0) is 18.7 Å². The molecule has 2 N–H and O–H groups in total. The Labute approximate surface area is 93.6 Å². The molecule has 0 amide bonds. The number of hydrogen-bond acceptors (Lipinski definition) is 4. The van der Waals surface area contributed by atoms with Gasteiger partial charge in [0.2, 0.25) is 0 Å². The quantitative estimate of drug-likeness (QED) is 0.792. The Morgan fingerprint density at radius 2 is 2.06 bits per heavy atom. The van der Waals surface area contributed by atoms with Crippen molar-refractivity contribution in [1.82, 2.24) is 9.66 Å². The molecule has 1 heterocycles. The number of hydrogen-bond donors (Lipinski definition) is 1. The largest absolute Gasteiger partial charge is 0.330 e. The smallest absolute Gasteiger partial charge is 0.119 e. The normalized spacial score (nSPS) is 11.1. The number of rotatable bonds is 4. The van der Waals surface area contributed by atoms with Crippen LogP contribution in [-0.4, -0.2) is 16.2 Å². The Morgan fingerprint density at radius 1 is 1.25 bits per heavy atom. The highest BCUT2D eigenvalue weighted by molar-refractivity contribution is 5.34. The highest BCUT2D eigenvalue weighted by Crippen LogP contribution is 2.11. The van der Waals surface area contributed by atoms with E-state index in [1.54, 1.807) is 17.2 Å². The molecule has 0 aliphatic carbocycles. The molecular weight excluding hydrogens is 202 g/mol. The molecular formula is C11H13N5. The molecule has 0 spiro atoms. The van der Waals surface area contributed by atoms with Crippen LogP contribution < -0.4 is 5.73 Å². The molecule has 0 radical (unpaired) electrons. The molecule has 0 aliphatic heterocycles. The van der Waals surface area contributed by atoms with Gasteiger partial charge in [-0.1, -0.05) is 23.4 Å². The number of aromatic nitrogens is 2. The van der Waals surface area contributed by atoms with Crippen molar-refractivity contribution in [2.75, 3.05) is 6.54 Å². The average Bonchev–Trinajstić information content (AvgIpc) is 2.76. The highest BCUT2D eigenvalue weighted by atomic mass is 15.5. The van der Waals surface area contributed by atoms with Crippen LogP contribution in [0.4, 0.5) is 5.69 Å². The van der Waals surface area contributed by atoms with Gasteiger partial charge in [0, 0.05) is 6.42 Å². The Kier molecular flexibility index (Phi) is 3.40. The van der Waals surface area contributed by atoms with Crippen LogP contribution in [0.5, 0.6) is 0 Å². The van der Waals surface area contributed by atoms with Gasteiger partial charge in [0.25, 0.3) is 0 Å². The summed E-state index contributed by atoms with van der Waals surface area (Å²) in [4.78, 5) is 4.01. The molecule has 1 aromatic carbocycles. The van der Waals surface area contributed by atoms with E-state index in [2.05, 4.69) is 15.3 Å². The van der Waals surface area contributed by atoms with Gasteiger partial charge in [0.15, 0.2) is 0 Å². The third-order valence-electron chi connectivity index (χ3n) is 2.11. The molecule has 0 saturated carbocycles. The average molecular weight is 215 g/mol. The van der Waals surface area contributed by atoms with Crippen molar-refractivity contribution in [2.45, 2.75) is 6.42 Å². The van der Waals surface area contributed by atoms with E-state index in [4.69, 9.17) is 5.73 Å². The van der Waals surface area contributed by atoms with Crippen LogP contribution in [0.1, 0.15) is 5.69 Å². The second kappa shape index (κ2) is 5.18. The lowest BCUT2D eigenvalue weighted by Gasteiger charge is -1.98. The zero-order valence-corrected chi connectivity index (χ0v) is 8.82. The van der Waals surface area contributed by atoms with Gasteiger partial charge in [0.1, 0.15) is 6.33 Å². The van der Waals surface area contributed by atoms with Crippen LogP contribution in [0.25, 0.3) is 0 Å². The monoisotopic (exact) mass is 215 g/mol. The first-order valence-corrected chi connectivity index (χ1v) is 5.08. The fourth-order valence-electron chi connectivity index (χ4n) is 1.32. The van der Waals surface area contributed by atoms with E-state index in [-0.39, 0.29) is 0 Å². The molecule has 0 atom stereocenters. The van der Waals surface area contributed by atoms with Crippen molar-refractivity contribution in [3.05, 3.63) is 48.5 Å². The van der Waals surface area contributed by atoms with Crippen LogP contribution in [0, 0.1) is 0 Å². The lowest BCUT2D eigenvalue weighted by Crippen LogP contribution is -2.05. The molecule has 0 fully saturated rings. The molecule has 0 aliphatic rings.